The lowest BCUT2D eigenvalue weighted by molar-refractivity contribution is -0.385. The zero-order valence-corrected chi connectivity index (χ0v) is 15.6. The number of hydrogen-bond acceptors (Lipinski definition) is 5. The van der Waals surface area contributed by atoms with Gasteiger partial charge in [0.25, 0.3) is 5.91 Å². The first-order valence-electron chi connectivity index (χ1n) is 8.08. The number of ether oxygens (including phenoxy) is 1. The van der Waals surface area contributed by atoms with Crippen LogP contribution < -0.4 is 9.64 Å². The van der Waals surface area contributed by atoms with Crippen molar-refractivity contribution in [1.29, 1.82) is 0 Å². The molecule has 1 atom stereocenters. The van der Waals surface area contributed by atoms with Gasteiger partial charge in [0, 0.05) is 27.8 Å². The molecule has 0 N–H and O–H groups in total. The Hall–Kier alpha value is -2.25. The van der Waals surface area contributed by atoms with E-state index in [-0.39, 0.29) is 29.0 Å². The van der Waals surface area contributed by atoms with Crippen LogP contribution in [0, 0.1) is 10.1 Å². The molecular formula is C18H17ClN2O4S. The molecule has 0 aromatic heterocycles. The summed E-state index contributed by atoms with van der Waals surface area (Å²) in [6, 6.07) is 11.8. The SMILES string of the molecule is CC1CCN(C(=O)COc2ccc(Cl)cc2[N+](=O)[O-])c2ccccc2S1. The van der Waals surface area contributed by atoms with Crippen LogP contribution in [0.4, 0.5) is 11.4 Å². The smallest absolute Gasteiger partial charge is 0.312 e. The molecule has 26 heavy (non-hydrogen) atoms. The predicted octanol–water partition coefficient (Wildman–Crippen LogP) is 4.54. The molecule has 1 aliphatic rings. The van der Waals surface area contributed by atoms with Gasteiger partial charge in [-0.2, -0.15) is 0 Å². The lowest BCUT2D eigenvalue weighted by Gasteiger charge is -2.22. The van der Waals surface area contributed by atoms with Gasteiger partial charge in [0.05, 0.1) is 10.6 Å². The Labute approximate surface area is 160 Å². The van der Waals surface area contributed by atoms with E-state index in [1.54, 1.807) is 16.7 Å². The highest BCUT2D eigenvalue weighted by Gasteiger charge is 2.25. The van der Waals surface area contributed by atoms with E-state index in [0.717, 1.165) is 17.0 Å². The van der Waals surface area contributed by atoms with Crippen molar-refractivity contribution >= 4 is 40.6 Å². The summed E-state index contributed by atoms with van der Waals surface area (Å²) < 4.78 is 5.45. The summed E-state index contributed by atoms with van der Waals surface area (Å²) in [6.45, 7) is 2.43. The first-order chi connectivity index (χ1) is 12.5. The molecular weight excluding hydrogens is 376 g/mol. The molecule has 1 unspecified atom stereocenters. The van der Waals surface area contributed by atoms with Crippen molar-refractivity contribution in [2.24, 2.45) is 0 Å². The Morgan fingerprint density at radius 2 is 2.15 bits per heavy atom. The van der Waals surface area contributed by atoms with Crippen molar-refractivity contribution in [3.63, 3.8) is 0 Å². The number of nitrogens with zero attached hydrogens (tertiary/aromatic N) is 2. The maximum Gasteiger partial charge on any atom is 0.312 e. The lowest BCUT2D eigenvalue weighted by Crippen LogP contribution is -2.36. The van der Waals surface area contributed by atoms with E-state index in [2.05, 4.69) is 6.92 Å². The predicted molar refractivity (Wildman–Crippen MR) is 102 cm³/mol. The molecule has 0 saturated heterocycles. The number of halogens is 1. The number of fused-ring (bicyclic) bond motifs is 1. The van der Waals surface area contributed by atoms with E-state index >= 15 is 0 Å². The Morgan fingerprint density at radius 3 is 2.92 bits per heavy atom. The van der Waals surface area contributed by atoms with E-state index in [9.17, 15) is 14.9 Å². The van der Waals surface area contributed by atoms with Gasteiger partial charge in [0.1, 0.15) is 0 Å². The van der Waals surface area contributed by atoms with Crippen molar-refractivity contribution < 1.29 is 14.5 Å². The second-order valence-electron chi connectivity index (χ2n) is 5.89. The number of nitro benzene ring substituents is 1. The number of benzene rings is 2. The largest absolute Gasteiger partial charge is 0.477 e. The average Bonchev–Trinajstić information content (AvgIpc) is 2.78. The standard InChI is InChI=1S/C18H17ClN2O4S/c1-12-8-9-20(14-4-2-3-5-17(14)26-12)18(22)11-25-16-7-6-13(19)10-15(16)21(23)24/h2-7,10,12H,8-9,11H2,1H3. The summed E-state index contributed by atoms with van der Waals surface area (Å²) >= 11 is 7.53. The van der Waals surface area contributed by atoms with Crippen LogP contribution in [-0.2, 0) is 4.79 Å². The van der Waals surface area contributed by atoms with Crippen molar-refractivity contribution in [1.82, 2.24) is 0 Å². The molecule has 0 bridgehead atoms. The zero-order chi connectivity index (χ0) is 18.7. The number of nitro groups is 1. The topological polar surface area (TPSA) is 72.7 Å². The van der Waals surface area contributed by atoms with Crippen LogP contribution in [0.15, 0.2) is 47.4 Å². The van der Waals surface area contributed by atoms with E-state index in [1.807, 2.05) is 24.3 Å². The van der Waals surface area contributed by atoms with Crippen LogP contribution in [-0.4, -0.2) is 29.2 Å². The molecule has 0 radical (unpaired) electrons. The zero-order valence-electron chi connectivity index (χ0n) is 14.1. The second-order valence-corrected chi connectivity index (χ2v) is 7.80. The summed E-state index contributed by atoms with van der Waals surface area (Å²) in [7, 11) is 0. The Morgan fingerprint density at radius 1 is 1.38 bits per heavy atom. The average molecular weight is 393 g/mol. The molecule has 2 aromatic carbocycles. The van der Waals surface area contributed by atoms with Crippen LogP contribution in [0.2, 0.25) is 5.02 Å². The first-order valence-corrected chi connectivity index (χ1v) is 9.34. The number of thioether (sulfide) groups is 1. The van der Waals surface area contributed by atoms with Crippen LogP contribution in [0.3, 0.4) is 0 Å². The number of rotatable bonds is 4. The Kier molecular flexibility index (Phi) is 5.68. The molecule has 1 amide bonds. The first kappa shape index (κ1) is 18.5. The number of anilines is 1. The van der Waals surface area contributed by atoms with Crippen LogP contribution in [0.25, 0.3) is 0 Å². The maximum atomic E-state index is 12.7. The van der Waals surface area contributed by atoms with Crippen molar-refractivity contribution in [3.05, 3.63) is 57.6 Å². The number of hydrogen-bond donors (Lipinski definition) is 0. The molecule has 0 saturated carbocycles. The Bertz CT molecular complexity index is 846. The van der Waals surface area contributed by atoms with Crippen molar-refractivity contribution in [3.8, 4) is 5.75 Å². The molecule has 6 nitrogen and oxygen atoms in total. The summed E-state index contributed by atoms with van der Waals surface area (Å²) in [5.41, 5.74) is 0.590. The third-order valence-electron chi connectivity index (χ3n) is 4.01. The van der Waals surface area contributed by atoms with Crippen LogP contribution in [0.1, 0.15) is 13.3 Å². The Balaban J connectivity index is 1.78. The quantitative estimate of drug-likeness (QED) is 0.564. The van der Waals surface area contributed by atoms with Gasteiger partial charge in [-0.15, -0.1) is 11.8 Å². The number of carbonyl (C=O) groups is 1. The third-order valence-corrected chi connectivity index (χ3v) is 5.49. The van der Waals surface area contributed by atoms with Gasteiger partial charge >= 0.3 is 5.69 Å². The fourth-order valence-electron chi connectivity index (χ4n) is 2.72. The van der Waals surface area contributed by atoms with E-state index in [1.165, 1.54) is 18.2 Å². The molecule has 2 aromatic rings. The number of amides is 1. The molecule has 0 spiro atoms. The molecule has 1 aliphatic heterocycles. The van der Waals surface area contributed by atoms with Gasteiger partial charge in [-0.05, 0) is 30.7 Å². The molecule has 3 rings (SSSR count). The fourth-order valence-corrected chi connectivity index (χ4v) is 4.00. The summed E-state index contributed by atoms with van der Waals surface area (Å²) in [4.78, 5) is 26.0. The third kappa shape index (κ3) is 4.11. The summed E-state index contributed by atoms with van der Waals surface area (Å²) in [5, 5.41) is 11.8. The molecule has 1 heterocycles. The minimum Gasteiger partial charge on any atom is -0.477 e. The number of para-hydroxylation sites is 1. The monoisotopic (exact) mass is 392 g/mol. The summed E-state index contributed by atoms with van der Waals surface area (Å²) in [5.74, 6) is -0.213. The maximum absolute atomic E-state index is 12.7. The van der Waals surface area contributed by atoms with Gasteiger partial charge < -0.3 is 9.64 Å². The highest BCUT2D eigenvalue weighted by atomic mass is 35.5. The second kappa shape index (κ2) is 7.97. The fraction of sp³-hybridized carbons (Fsp3) is 0.278. The van der Waals surface area contributed by atoms with Crippen LogP contribution in [0.5, 0.6) is 5.75 Å². The highest BCUT2D eigenvalue weighted by molar-refractivity contribution is 8.00. The molecule has 0 aliphatic carbocycles. The van der Waals surface area contributed by atoms with Gasteiger partial charge in [-0.25, -0.2) is 0 Å². The van der Waals surface area contributed by atoms with E-state index in [4.69, 9.17) is 16.3 Å². The molecule has 8 heteroatoms. The lowest BCUT2D eigenvalue weighted by atomic mass is 10.2. The van der Waals surface area contributed by atoms with Crippen molar-refractivity contribution in [2.75, 3.05) is 18.1 Å². The van der Waals surface area contributed by atoms with Gasteiger partial charge in [-0.1, -0.05) is 30.7 Å². The van der Waals surface area contributed by atoms with E-state index < -0.39 is 4.92 Å². The van der Waals surface area contributed by atoms with Gasteiger partial charge in [0.15, 0.2) is 12.4 Å². The van der Waals surface area contributed by atoms with E-state index in [0.29, 0.717) is 11.8 Å². The van der Waals surface area contributed by atoms with Crippen molar-refractivity contribution in [2.45, 2.75) is 23.5 Å². The molecule has 0 fully saturated rings. The normalized spacial score (nSPS) is 16.5. The number of carbonyl (C=O) groups excluding carboxylic acids is 1. The van der Waals surface area contributed by atoms with Gasteiger partial charge in [0.2, 0.25) is 0 Å². The minimum atomic E-state index is -0.578. The molecule has 136 valence electrons. The minimum absolute atomic E-state index is 0.0265. The highest BCUT2D eigenvalue weighted by Crippen LogP contribution is 2.37. The summed E-state index contributed by atoms with van der Waals surface area (Å²) in [6.07, 6.45) is 0.853. The van der Waals surface area contributed by atoms with Crippen LogP contribution >= 0.6 is 23.4 Å². The van der Waals surface area contributed by atoms with Gasteiger partial charge in [-0.3, -0.25) is 14.9 Å².